The van der Waals surface area contributed by atoms with Crippen molar-refractivity contribution in [3.05, 3.63) is 29.1 Å². The van der Waals surface area contributed by atoms with Gasteiger partial charge in [-0.2, -0.15) is 0 Å². The molecule has 0 aliphatic carbocycles. The normalized spacial score (nSPS) is 15.8. The number of aliphatic hydroxyl groups is 1. The van der Waals surface area contributed by atoms with E-state index in [1.807, 2.05) is 6.07 Å². The summed E-state index contributed by atoms with van der Waals surface area (Å²) >= 11 is 0. The quantitative estimate of drug-likeness (QED) is 0.624. The Morgan fingerprint density at radius 3 is 3.33 bits per heavy atom. The van der Waals surface area contributed by atoms with Crippen LogP contribution in [0.25, 0.3) is 0 Å². The van der Waals surface area contributed by atoms with Crippen molar-refractivity contribution in [2.45, 2.75) is 19.6 Å². The topological polar surface area (TPSA) is 45.2 Å². The van der Waals surface area contributed by atoms with Crippen LogP contribution in [0.15, 0.2) is 12.3 Å². The molecule has 0 amide bonds. The molecule has 0 atom stereocenters. The molecule has 12 heavy (non-hydrogen) atoms. The summed E-state index contributed by atoms with van der Waals surface area (Å²) in [6.45, 7) is 1.98. The SMILES string of the molecule is OCc1cnc2c(c1)CNCC2. The van der Waals surface area contributed by atoms with Crippen LogP contribution >= 0.6 is 0 Å². The van der Waals surface area contributed by atoms with Gasteiger partial charge >= 0.3 is 0 Å². The number of pyridine rings is 1. The van der Waals surface area contributed by atoms with Crippen molar-refractivity contribution in [1.82, 2.24) is 10.3 Å². The summed E-state index contributed by atoms with van der Waals surface area (Å²) in [6, 6.07) is 2.02. The van der Waals surface area contributed by atoms with E-state index < -0.39 is 0 Å². The molecule has 0 spiro atoms. The summed E-state index contributed by atoms with van der Waals surface area (Å²) in [6.07, 6.45) is 2.76. The van der Waals surface area contributed by atoms with Gasteiger partial charge in [0, 0.05) is 31.4 Å². The zero-order chi connectivity index (χ0) is 8.39. The smallest absolute Gasteiger partial charge is 0.0696 e. The van der Waals surface area contributed by atoms with Crippen molar-refractivity contribution in [2.75, 3.05) is 6.54 Å². The molecule has 1 aromatic heterocycles. The van der Waals surface area contributed by atoms with E-state index in [0.29, 0.717) is 0 Å². The lowest BCUT2D eigenvalue weighted by molar-refractivity contribution is 0.281. The maximum Gasteiger partial charge on any atom is 0.0696 e. The minimum atomic E-state index is 0.0836. The highest BCUT2D eigenvalue weighted by Crippen LogP contribution is 2.12. The fourth-order valence-corrected chi connectivity index (χ4v) is 1.48. The number of rotatable bonds is 1. The number of nitrogens with zero attached hydrogens (tertiary/aromatic N) is 1. The van der Waals surface area contributed by atoms with Crippen LogP contribution in [-0.4, -0.2) is 16.6 Å². The second kappa shape index (κ2) is 3.21. The van der Waals surface area contributed by atoms with Crippen LogP contribution in [0, 0.1) is 0 Å². The monoisotopic (exact) mass is 164 g/mol. The van der Waals surface area contributed by atoms with E-state index in [1.54, 1.807) is 6.20 Å². The van der Waals surface area contributed by atoms with Crippen molar-refractivity contribution < 1.29 is 5.11 Å². The van der Waals surface area contributed by atoms with E-state index in [1.165, 1.54) is 11.3 Å². The highest BCUT2D eigenvalue weighted by Gasteiger charge is 2.09. The predicted molar refractivity (Wildman–Crippen MR) is 45.6 cm³/mol. The van der Waals surface area contributed by atoms with E-state index in [4.69, 9.17) is 5.11 Å². The van der Waals surface area contributed by atoms with Gasteiger partial charge in [0.15, 0.2) is 0 Å². The Labute approximate surface area is 71.4 Å². The molecular formula is C9H12N2O. The third-order valence-corrected chi connectivity index (χ3v) is 2.15. The molecule has 0 bridgehead atoms. The molecule has 0 fully saturated rings. The first-order valence-corrected chi connectivity index (χ1v) is 4.18. The van der Waals surface area contributed by atoms with E-state index in [9.17, 15) is 0 Å². The van der Waals surface area contributed by atoms with Crippen molar-refractivity contribution >= 4 is 0 Å². The lowest BCUT2D eigenvalue weighted by atomic mass is 10.1. The second-order valence-electron chi connectivity index (χ2n) is 3.03. The van der Waals surface area contributed by atoms with Crippen LogP contribution in [-0.2, 0) is 19.6 Å². The third kappa shape index (κ3) is 1.33. The Bertz CT molecular complexity index is 286. The van der Waals surface area contributed by atoms with E-state index in [0.717, 1.165) is 25.1 Å². The lowest BCUT2D eigenvalue weighted by Crippen LogP contribution is -2.24. The summed E-state index contributed by atoms with van der Waals surface area (Å²) < 4.78 is 0. The molecule has 64 valence electrons. The van der Waals surface area contributed by atoms with Crippen molar-refractivity contribution in [3.8, 4) is 0 Å². The molecule has 0 saturated carbocycles. The molecular weight excluding hydrogens is 152 g/mol. The standard InChI is InChI=1S/C9H12N2O/c12-6-7-3-8-5-10-2-1-9(8)11-4-7/h3-4,10,12H,1-2,5-6H2. The van der Waals surface area contributed by atoms with Gasteiger partial charge in [-0.1, -0.05) is 0 Å². The average Bonchev–Trinajstić information content (AvgIpc) is 2.17. The van der Waals surface area contributed by atoms with Crippen LogP contribution in [0.1, 0.15) is 16.8 Å². The molecule has 0 aromatic carbocycles. The number of hydrogen-bond donors (Lipinski definition) is 2. The van der Waals surface area contributed by atoms with Gasteiger partial charge in [-0.3, -0.25) is 4.98 Å². The zero-order valence-electron chi connectivity index (χ0n) is 6.88. The summed E-state index contributed by atoms with van der Waals surface area (Å²) in [5.41, 5.74) is 3.30. The Morgan fingerprint density at radius 1 is 1.58 bits per heavy atom. The number of nitrogens with one attached hydrogen (secondary N) is 1. The van der Waals surface area contributed by atoms with Gasteiger partial charge in [-0.15, -0.1) is 0 Å². The van der Waals surface area contributed by atoms with Crippen LogP contribution < -0.4 is 5.32 Å². The minimum absolute atomic E-state index is 0.0836. The molecule has 1 aliphatic rings. The van der Waals surface area contributed by atoms with Gasteiger partial charge in [0.2, 0.25) is 0 Å². The zero-order valence-corrected chi connectivity index (χ0v) is 6.88. The second-order valence-corrected chi connectivity index (χ2v) is 3.03. The van der Waals surface area contributed by atoms with E-state index in [2.05, 4.69) is 10.3 Å². The maximum absolute atomic E-state index is 8.88. The molecule has 2 N–H and O–H groups in total. The van der Waals surface area contributed by atoms with E-state index in [-0.39, 0.29) is 6.61 Å². The molecule has 3 nitrogen and oxygen atoms in total. The Hall–Kier alpha value is -0.930. The molecule has 1 aliphatic heterocycles. The predicted octanol–water partition coefficient (Wildman–Crippen LogP) is 0.220. The highest BCUT2D eigenvalue weighted by molar-refractivity contribution is 5.26. The minimum Gasteiger partial charge on any atom is -0.392 e. The van der Waals surface area contributed by atoms with Gasteiger partial charge < -0.3 is 10.4 Å². The average molecular weight is 164 g/mol. The highest BCUT2D eigenvalue weighted by atomic mass is 16.3. The van der Waals surface area contributed by atoms with Crippen molar-refractivity contribution in [1.29, 1.82) is 0 Å². The first-order valence-electron chi connectivity index (χ1n) is 4.18. The van der Waals surface area contributed by atoms with Crippen molar-refractivity contribution in [2.24, 2.45) is 0 Å². The van der Waals surface area contributed by atoms with Crippen molar-refractivity contribution in [3.63, 3.8) is 0 Å². The summed E-state index contributed by atoms with van der Waals surface area (Å²) in [4.78, 5) is 4.29. The molecule has 1 aromatic rings. The molecule has 0 radical (unpaired) electrons. The molecule has 2 rings (SSSR count). The van der Waals surface area contributed by atoms with Gasteiger partial charge in [0.05, 0.1) is 6.61 Å². The van der Waals surface area contributed by atoms with Crippen LogP contribution in [0.5, 0.6) is 0 Å². The summed E-state index contributed by atoms with van der Waals surface area (Å²) in [5, 5.41) is 12.1. The number of hydrogen-bond acceptors (Lipinski definition) is 3. The Morgan fingerprint density at radius 2 is 2.50 bits per heavy atom. The van der Waals surface area contributed by atoms with Crippen LogP contribution in [0.4, 0.5) is 0 Å². The molecule has 3 heteroatoms. The third-order valence-electron chi connectivity index (χ3n) is 2.15. The summed E-state index contributed by atoms with van der Waals surface area (Å²) in [7, 11) is 0. The molecule has 0 unspecified atom stereocenters. The van der Waals surface area contributed by atoms with Gasteiger partial charge in [0.1, 0.15) is 0 Å². The van der Waals surface area contributed by atoms with Crippen LogP contribution in [0.3, 0.4) is 0 Å². The maximum atomic E-state index is 8.88. The first-order chi connectivity index (χ1) is 5.90. The van der Waals surface area contributed by atoms with Gasteiger partial charge in [0.25, 0.3) is 0 Å². The molecule has 0 saturated heterocycles. The number of aliphatic hydroxyl groups excluding tert-OH is 1. The van der Waals surface area contributed by atoms with Gasteiger partial charge in [-0.25, -0.2) is 0 Å². The summed E-state index contributed by atoms with van der Waals surface area (Å²) in [5.74, 6) is 0. The fraction of sp³-hybridized carbons (Fsp3) is 0.444. The lowest BCUT2D eigenvalue weighted by Gasteiger charge is -2.16. The number of aromatic nitrogens is 1. The van der Waals surface area contributed by atoms with Crippen LogP contribution in [0.2, 0.25) is 0 Å². The number of fused-ring (bicyclic) bond motifs is 1. The Balaban J connectivity index is 2.36. The Kier molecular flexibility index (Phi) is 2.06. The largest absolute Gasteiger partial charge is 0.392 e. The molecule has 2 heterocycles. The fourth-order valence-electron chi connectivity index (χ4n) is 1.48. The van der Waals surface area contributed by atoms with Gasteiger partial charge in [-0.05, 0) is 17.2 Å². The first kappa shape index (κ1) is 7.71. The van der Waals surface area contributed by atoms with E-state index >= 15 is 0 Å².